The molecule has 0 aliphatic heterocycles. The van der Waals surface area contributed by atoms with Gasteiger partial charge in [0, 0.05) is 0 Å². The van der Waals surface area contributed by atoms with Crippen molar-refractivity contribution in [2.45, 2.75) is 0 Å². The summed E-state index contributed by atoms with van der Waals surface area (Å²) in [4.78, 5) is 0. The van der Waals surface area contributed by atoms with Crippen molar-refractivity contribution < 1.29 is 9.47 Å². The maximum absolute atomic E-state index is 5.30. The first kappa shape index (κ1) is 9.28. The quantitative estimate of drug-likeness (QED) is 0.648. The number of rotatable bonds is 2. The van der Waals surface area contributed by atoms with Crippen molar-refractivity contribution in [1.82, 2.24) is 0 Å². The second kappa shape index (κ2) is 3.27. The predicted molar refractivity (Wildman–Crippen MR) is 64.0 cm³/mol. The molecule has 0 saturated heterocycles. The molecule has 1 aliphatic rings. The van der Waals surface area contributed by atoms with Gasteiger partial charge in [-0.05, 0) is 34.4 Å². The highest BCUT2D eigenvalue weighted by Crippen LogP contribution is 2.50. The molecule has 2 aromatic carbocycles. The highest BCUT2D eigenvalue weighted by Gasteiger charge is 2.24. The molecule has 0 atom stereocenters. The van der Waals surface area contributed by atoms with Gasteiger partial charge in [0.25, 0.3) is 0 Å². The van der Waals surface area contributed by atoms with Gasteiger partial charge >= 0.3 is 0 Å². The Morgan fingerprint density at radius 2 is 1.12 bits per heavy atom. The zero-order valence-corrected chi connectivity index (χ0v) is 9.28. The third-order valence-electron chi connectivity index (χ3n) is 3.03. The van der Waals surface area contributed by atoms with E-state index in [9.17, 15) is 0 Å². The molecule has 2 heteroatoms. The average molecular weight is 212 g/mol. The van der Waals surface area contributed by atoms with Gasteiger partial charge in [-0.25, -0.2) is 0 Å². The molecular formula is C14H12O2. The monoisotopic (exact) mass is 212 g/mol. The summed E-state index contributed by atoms with van der Waals surface area (Å²) in [5.74, 6) is 1.58. The summed E-state index contributed by atoms with van der Waals surface area (Å²) in [6.07, 6.45) is 0. The van der Waals surface area contributed by atoms with E-state index in [0.717, 1.165) is 11.5 Å². The Kier molecular flexibility index (Phi) is 1.90. The average Bonchev–Trinajstić information content (AvgIpc) is 2.34. The van der Waals surface area contributed by atoms with E-state index >= 15 is 0 Å². The first-order valence-corrected chi connectivity index (χ1v) is 5.21. The highest BCUT2D eigenvalue weighted by molar-refractivity contribution is 6.03. The van der Waals surface area contributed by atoms with Gasteiger partial charge in [0.05, 0.1) is 14.2 Å². The van der Waals surface area contributed by atoms with Crippen molar-refractivity contribution in [3.8, 4) is 33.8 Å². The number of hydrogen-bond acceptors (Lipinski definition) is 2. The van der Waals surface area contributed by atoms with Crippen molar-refractivity contribution in [2.75, 3.05) is 14.2 Å². The van der Waals surface area contributed by atoms with E-state index in [0.29, 0.717) is 0 Å². The summed E-state index contributed by atoms with van der Waals surface area (Å²) in [5.41, 5.74) is 5.07. The number of fused-ring (bicyclic) bond motifs is 4. The topological polar surface area (TPSA) is 18.5 Å². The molecule has 0 amide bonds. The Morgan fingerprint density at radius 1 is 0.688 bits per heavy atom. The summed E-state index contributed by atoms with van der Waals surface area (Å²) in [6, 6.07) is 12.4. The van der Waals surface area contributed by atoms with E-state index < -0.39 is 0 Å². The zero-order chi connectivity index (χ0) is 11.1. The predicted octanol–water partition coefficient (Wildman–Crippen LogP) is 3.35. The molecule has 0 heterocycles. The summed E-state index contributed by atoms with van der Waals surface area (Å²) >= 11 is 0. The van der Waals surface area contributed by atoms with Gasteiger partial charge < -0.3 is 9.47 Å². The minimum atomic E-state index is 0.788. The molecule has 0 aromatic heterocycles. The van der Waals surface area contributed by atoms with Crippen LogP contribution in [0.3, 0.4) is 0 Å². The fourth-order valence-electron chi connectivity index (χ4n) is 2.22. The lowest BCUT2D eigenvalue weighted by molar-refractivity contribution is 0.355. The van der Waals surface area contributed by atoms with E-state index in [2.05, 4.69) is 24.3 Å². The fourth-order valence-corrected chi connectivity index (χ4v) is 2.22. The Bertz CT molecular complexity index is 509. The van der Waals surface area contributed by atoms with Gasteiger partial charge in [-0.15, -0.1) is 0 Å². The van der Waals surface area contributed by atoms with Gasteiger partial charge in [0.15, 0.2) is 11.5 Å². The molecule has 2 nitrogen and oxygen atoms in total. The number of methoxy groups -OCH3 is 2. The summed E-state index contributed by atoms with van der Waals surface area (Å²) < 4.78 is 10.6. The summed E-state index contributed by atoms with van der Waals surface area (Å²) in [6.45, 7) is 0. The molecule has 0 unspecified atom stereocenters. The molecule has 2 aromatic rings. The van der Waals surface area contributed by atoms with Crippen LogP contribution in [0.15, 0.2) is 36.4 Å². The van der Waals surface area contributed by atoms with Gasteiger partial charge in [0.1, 0.15) is 0 Å². The molecular weight excluding hydrogens is 200 g/mol. The minimum absolute atomic E-state index is 0.788. The van der Waals surface area contributed by atoms with Crippen LogP contribution in [0.5, 0.6) is 11.5 Å². The molecule has 0 fully saturated rings. The standard InChI is InChI=1S/C14H12O2/c1-15-13-7-11-9-5-3-4-6-10(9)12(11)8-14(13)16-2/h3-8H,1-2H3. The molecule has 80 valence electrons. The highest BCUT2D eigenvalue weighted by atomic mass is 16.5. The van der Waals surface area contributed by atoms with Crippen molar-refractivity contribution in [3.63, 3.8) is 0 Å². The number of benzene rings is 2. The van der Waals surface area contributed by atoms with Gasteiger partial charge in [-0.1, -0.05) is 24.3 Å². The van der Waals surface area contributed by atoms with E-state index in [1.807, 2.05) is 12.1 Å². The lowest BCUT2D eigenvalue weighted by atomic mass is 9.80. The third kappa shape index (κ3) is 1.07. The second-order valence-corrected chi connectivity index (χ2v) is 3.80. The maximum atomic E-state index is 5.30. The minimum Gasteiger partial charge on any atom is -0.493 e. The largest absolute Gasteiger partial charge is 0.493 e. The Morgan fingerprint density at radius 3 is 1.50 bits per heavy atom. The van der Waals surface area contributed by atoms with Gasteiger partial charge in [-0.3, -0.25) is 0 Å². The number of ether oxygens (including phenoxy) is 2. The van der Waals surface area contributed by atoms with Crippen LogP contribution in [-0.4, -0.2) is 14.2 Å². The fraction of sp³-hybridized carbons (Fsp3) is 0.143. The van der Waals surface area contributed by atoms with E-state index in [1.54, 1.807) is 14.2 Å². The van der Waals surface area contributed by atoms with E-state index in [1.165, 1.54) is 22.3 Å². The van der Waals surface area contributed by atoms with Crippen LogP contribution in [-0.2, 0) is 0 Å². The molecule has 1 aliphatic carbocycles. The number of hydrogen-bond donors (Lipinski definition) is 0. The summed E-state index contributed by atoms with van der Waals surface area (Å²) in [5, 5.41) is 0. The molecule has 0 radical (unpaired) electrons. The maximum Gasteiger partial charge on any atom is 0.161 e. The van der Waals surface area contributed by atoms with Crippen LogP contribution >= 0.6 is 0 Å². The van der Waals surface area contributed by atoms with Crippen molar-refractivity contribution in [3.05, 3.63) is 36.4 Å². The third-order valence-corrected chi connectivity index (χ3v) is 3.03. The van der Waals surface area contributed by atoms with Crippen LogP contribution in [0.4, 0.5) is 0 Å². The SMILES string of the molecule is COc1cc2c(cc1OC)-c1ccccc1-2. The Labute approximate surface area is 94.4 Å². The lowest BCUT2D eigenvalue weighted by Gasteiger charge is -2.25. The normalized spacial score (nSPS) is 11.1. The van der Waals surface area contributed by atoms with Crippen molar-refractivity contribution in [1.29, 1.82) is 0 Å². The van der Waals surface area contributed by atoms with E-state index in [4.69, 9.17) is 9.47 Å². The molecule has 3 rings (SSSR count). The first-order chi connectivity index (χ1) is 7.85. The molecule has 0 saturated carbocycles. The summed E-state index contributed by atoms with van der Waals surface area (Å²) in [7, 11) is 3.32. The molecule has 0 spiro atoms. The van der Waals surface area contributed by atoms with Crippen LogP contribution in [0.25, 0.3) is 22.3 Å². The Hall–Kier alpha value is -1.96. The molecule has 0 bridgehead atoms. The zero-order valence-electron chi connectivity index (χ0n) is 9.28. The van der Waals surface area contributed by atoms with Gasteiger partial charge in [-0.2, -0.15) is 0 Å². The van der Waals surface area contributed by atoms with Crippen molar-refractivity contribution >= 4 is 0 Å². The Balaban J connectivity index is 2.19. The smallest absolute Gasteiger partial charge is 0.161 e. The van der Waals surface area contributed by atoms with Crippen LogP contribution in [0.1, 0.15) is 0 Å². The van der Waals surface area contributed by atoms with Gasteiger partial charge in [0.2, 0.25) is 0 Å². The second-order valence-electron chi connectivity index (χ2n) is 3.80. The lowest BCUT2D eigenvalue weighted by Crippen LogP contribution is -2.00. The first-order valence-electron chi connectivity index (χ1n) is 5.21. The van der Waals surface area contributed by atoms with Crippen molar-refractivity contribution in [2.24, 2.45) is 0 Å². The molecule has 0 N–H and O–H groups in total. The van der Waals surface area contributed by atoms with Crippen LogP contribution in [0.2, 0.25) is 0 Å². The van der Waals surface area contributed by atoms with Crippen LogP contribution < -0.4 is 9.47 Å². The molecule has 16 heavy (non-hydrogen) atoms. The van der Waals surface area contributed by atoms with E-state index in [-0.39, 0.29) is 0 Å². The van der Waals surface area contributed by atoms with Crippen LogP contribution in [0, 0.1) is 0 Å².